The zero-order valence-electron chi connectivity index (χ0n) is 14.3. The predicted octanol–water partition coefficient (Wildman–Crippen LogP) is 4.83. The fourth-order valence-corrected chi connectivity index (χ4v) is 2.47. The normalized spacial score (nSPS) is 12.3. The number of rotatable bonds is 6. The Balaban J connectivity index is 2.42. The quantitative estimate of drug-likeness (QED) is 0.565. The van der Waals surface area contributed by atoms with Crippen molar-refractivity contribution in [1.82, 2.24) is 15.1 Å². The average molecular weight is 393 g/mol. The molecule has 0 bridgehead atoms. The SMILES string of the molecule is CCCCCNC(=O)c1cnn(-c2cccc(C(F)(F)F)c2)c1C(F)(F)F. The van der Waals surface area contributed by atoms with Crippen LogP contribution in [0.3, 0.4) is 0 Å². The number of halogens is 6. The Morgan fingerprint density at radius 3 is 2.41 bits per heavy atom. The zero-order chi connectivity index (χ0) is 20.2. The first-order valence-corrected chi connectivity index (χ1v) is 8.16. The number of nitrogens with zero attached hydrogens (tertiary/aromatic N) is 2. The van der Waals surface area contributed by atoms with Crippen LogP contribution in [0.2, 0.25) is 0 Å². The molecule has 4 nitrogen and oxygen atoms in total. The van der Waals surface area contributed by atoms with Crippen molar-refractivity contribution in [1.29, 1.82) is 0 Å². The highest BCUT2D eigenvalue weighted by molar-refractivity contribution is 5.95. The summed E-state index contributed by atoms with van der Waals surface area (Å²) in [5.41, 5.74) is -3.72. The number of hydrogen-bond acceptors (Lipinski definition) is 2. The van der Waals surface area contributed by atoms with Gasteiger partial charge in [-0.3, -0.25) is 4.79 Å². The van der Waals surface area contributed by atoms with Gasteiger partial charge in [0.2, 0.25) is 0 Å². The van der Waals surface area contributed by atoms with Crippen LogP contribution < -0.4 is 5.32 Å². The second-order valence-electron chi connectivity index (χ2n) is 5.83. The van der Waals surface area contributed by atoms with Crippen LogP contribution in [0, 0.1) is 0 Å². The van der Waals surface area contributed by atoms with Crippen molar-refractivity contribution in [2.75, 3.05) is 6.54 Å². The summed E-state index contributed by atoms with van der Waals surface area (Å²) in [6.45, 7) is 2.13. The summed E-state index contributed by atoms with van der Waals surface area (Å²) in [5.74, 6) is -0.975. The van der Waals surface area contributed by atoms with E-state index >= 15 is 0 Å². The van der Waals surface area contributed by atoms with E-state index in [4.69, 9.17) is 0 Å². The highest BCUT2D eigenvalue weighted by Crippen LogP contribution is 2.35. The van der Waals surface area contributed by atoms with Gasteiger partial charge in [0.1, 0.15) is 0 Å². The Kier molecular flexibility index (Phi) is 6.17. The second kappa shape index (κ2) is 8.01. The van der Waals surface area contributed by atoms with E-state index in [9.17, 15) is 31.1 Å². The van der Waals surface area contributed by atoms with Crippen LogP contribution in [0.15, 0.2) is 30.5 Å². The second-order valence-corrected chi connectivity index (χ2v) is 5.83. The molecule has 2 aromatic rings. The van der Waals surface area contributed by atoms with Gasteiger partial charge in [0.05, 0.1) is 23.0 Å². The van der Waals surface area contributed by atoms with E-state index in [0.29, 0.717) is 23.4 Å². The van der Waals surface area contributed by atoms with E-state index in [1.165, 1.54) is 0 Å². The van der Waals surface area contributed by atoms with Gasteiger partial charge in [-0.2, -0.15) is 31.4 Å². The molecule has 1 heterocycles. The van der Waals surface area contributed by atoms with Crippen LogP contribution in [-0.2, 0) is 12.4 Å². The molecular weight excluding hydrogens is 376 g/mol. The fourth-order valence-electron chi connectivity index (χ4n) is 2.47. The Labute approximate surface area is 151 Å². The first-order valence-electron chi connectivity index (χ1n) is 8.16. The first kappa shape index (κ1) is 20.8. The predicted molar refractivity (Wildman–Crippen MR) is 85.4 cm³/mol. The molecule has 0 atom stereocenters. The average Bonchev–Trinajstić information content (AvgIpc) is 3.03. The molecule has 0 radical (unpaired) electrons. The van der Waals surface area contributed by atoms with E-state index in [-0.39, 0.29) is 6.54 Å². The molecule has 0 aliphatic heterocycles. The lowest BCUT2D eigenvalue weighted by Crippen LogP contribution is -2.27. The van der Waals surface area contributed by atoms with Gasteiger partial charge < -0.3 is 5.32 Å². The number of carbonyl (C=O) groups is 1. The maximum absolute atomic E-state index is 13.5. The van der Waals surface area contributed by atoms with E-state index in [2.05, 4.69) is 10.4 Å². The third-order valence-corrected chi connectivity index (χ3v) is 3.77. The zero-order valence-corrected chi connectivity index (χ0v) is 14.3. The maximum Gasteiger partial charge on any atom is 0.434 e. The van der Waals surface area contributed by atoms with Gasteiger partial charge in [0, 0.05) is 6.54 Å². The van der Waals surface area contributed by atoms with Gasteiger partial charge in [-0.05, 0) is 24.6 Å². The number of amides is 1. The Hall–Kier alpha value is -2.52. The van der Waals surface area contributed by atoms with Crippen molar-refractivity contribution in [3.05, 3.63) is 47.3 Å². The van der Waals surface area contributed by atoms with Crippen molar-refractivity contribution in [2.24, 2.45) is 0 Å². The summed E-state index contributed by atoms with van der Waals surface area (Å²) in [6.07, 6.45) is -6.72. The Morgan fingerprint density at radius 1 is 1.11 bits per heavy atom. The molecule has 1 aromatic heterocycles. The number of aromatic nitrogens is 2. The maximum atomic E-state index is 13.5. The molecule has 0 saturated heterocycles. The molecule has 0 unspecified atom stereocenters. The molecule has 0 fully saturated rings. The summed E-state index contributed by atoms with van der Waals surface area (Å²) < 4.78 is 79.3. The van der Waals surface area contributed by atoms with E-state index in [0.717, 1.165) is 31.0 Å². The van der Waals surface area contributed by atoms with Gasteiger partial charge in [0.15, 0.2) is 5.69 Å². The van der Waals surface area contributed by atoms with Crippen LogP contribution >= 0.6 is 0 Å². The topological polar surface area (TPSA) is 46.9 Å². The number of nitrogens with one attached hydrogen (secondary N) is 1. The molecule has 0 aliphatic carbocycles. The van der Waals surface area contributed by atoms with Gasteiger partial charge in [-0.25, -0.2) is 4.68 Å². The summed E-state index contributed by atoms with van der Waals surface area (Å²) in [6, 6.07) is 3.32. The number of hydrogen-bond donors (Lipinski definition) is 1. The van der Waals surface area contributed by atoms with Gasteiger partial charge in [0.25, 0.3) is 5.91 Å². The van der Waals surface area contributed by atoms with Crippen molar-refractivity contribution >= 4 is 5.91 Å². The Bertz CT molecular complexity index is 795. The molecule has 148 valence electrons. The Morgan fingerprint density at radius 2 is 1.81 bits per heavy atom. The third-order valence-electron chi connectivity index (χ3n) is 3.77. The summed E-state index contributed by atoms with van der Waals surface area (Å²) in [4.78, 5) is 12.1. The molecular formula is C17H17F6N3O. The van der Waals surface area contributed by atoms with Crippen molar-refractivity contribution < 1.29 is 31.1 Å². The first-order chi connectivity index (χ1) is 12.6. The van der Waals surface area contributed by atoms with Crippen LogP contribution in [0.5, 0.6) is 0 Å². The number of benzene rings is 1. The van der Waals surface area contributed by atoms with Crippen LogP contribution in [0.25, 0.3) is 5.69 Å². The molecule has 0 spiro atoms. The van der Waals surface area contributed by atoms with Gasteiger partial charge in [-0.1, -0.05) is 25.8 Å². The van der Waals surface area contributed by atoms with E-state index in [1.807, 2.05) is 6.92 Å². The number of unbranched alkanes of at least 4 members (excludes halogenated alkanes) is 2. The monoisotopic (exact) mass is 393 g/mol. The highest BCUT2D eigenvalue weighted by Gasteiger charge is 2.41. The van der Waals surface area contributed by atoms with Crippen LogP contribution in [-0.4, -0.2) is 22.2 Å². The van der Waals surface area contributed by atoms with Gasteiger partial charge >= 0.3 is 12.4 Å². The standard InChI is InChI=1S/C17H17F6N3O/c1-2-3-4-8-24-15(27)13-10-25-26(14(13)17(21,22)23)12-7-5-6-11(9-12)16(18,19)20/h5-7,9-10H,2-4,8H2,1H3,(H,24,27). The third kappa shape index (κ3) is 5.01. The summed E-state index contributed by atoms with van der Waals surface area (Å²) >= 11 is 0. The lowest BCUT2D eigenvalue weighted by molar-refractivity contribution is -0.143. The minimum atomic E-state index is -4.99. The van der Waals surface area contributed by atoms with E-state index < -0.39 is 40.8 Å². The largest absolute Gasteiger partial charge is 0.434 e. The number of carbonyl (C=O) groups excluding carboxylic acids is 1. The smallest absolute Gasteiger partial charge is 0.352 e. The lowest BCUT2D eigenvalue weighted by atomic mass is 10.1. The summed E-state index contributed by atoms with van der Waals surface area (Å²) in [5, 5.41) is 5.88. The van der Waals surface area contributed by atoms with Crippen molar-refractivity contribution in [3.63, 3.8) is 0 Å². The van der Waals surface area contributed by atoms with Crippen LogP contribution in [0.1, 0.15) is 47.8 Å². The molecule has 0 saturated carbocycles. The van der Waals surface area contributed by atoms with Gasteiger partial charge in [-0.15, -0.1) is 0 Å². The van der Waals surface area contributed by atoms with E-state index in [1.54, 1.807) is 0 Å². The molecule has 1 aromatic carbocycles. The molecule has 0 aliphatic rings. The molecule has 10 heteroatoms. The van der Waals surface area contributed by atoms with Crippen molar-refractivity contribution in [2.45, 2.75) is 38.5 Å². The van der Waals surface area contributed by atoms with Crippen molar-refractivity contribution in [3.8, 4) is 5.69 Å². The van der Waals surface area contributed by atoms with Crippen LogP contribution in [0.4, 0.5) is 26.3 Å². The summed E-state index contributed by atoms with van der Waals surface area (Å²) in [7, 11) is 0. The lowest BCUT2D eigenvalue weighted by Gasteiger charge is -2.14. The fraction of sp³-hybridized carbons (Fsp3) is 0.412. The minimum absolute atomic E-state index is 0.193. The molecule has 27 heavy (non-hydrogen) atoms. The molecule has 1 N–H and O–H groups in total. The minimum Gasteiger partial charge on any atom is -0.352 e. The molecule has 2 rings (SSSR count). The number of alkyl halides is 6. The molecule has 1 amide bonds. The highest BCUT2D eigenvalue weighted by atomic mass is 19.4.